The summed E-state index contributed by atoms with van der Waals surface area (Å²) in [4.78, 5) is 26.1. The molecule has 2 amide bonds. The average molecular weight is 322 g/mol. The largest absolute Gasteiger partial charge is 0.444 e. The van der Waals surface area contributed by atoms with E-state index in [1.54, 1.807) is 11.8 Å². The van der Waals surface area contributed by atoms with Gasteiger partial charge in [-0.1, -0.05) is 17.7 Å². The van der Waals surface area contributed by atoms with Crippen molar-refractivity contribution in [2.45, 2.75) is 39.3 Å². The number of ether oxygens (including phenoxy) is 1. The lowest BCUT2D eigenvalue weighted by Crippen LogP contribution is -2.46. The Balaban J connectivity index is 2.01. The molecule has 0 unspecified atom stereocenters. The lowest BCUT2D eigenvalue weighted by atomic mass is 10.2. The van der Waals surface area contributed by atoms with E-state index in [2.05, 4.69) is 5.32 Å². The normalized spacial score (nSPS) is 18.2. The molecule has 1 atom stereocenters. The summed E-state index contributed by atoms with van der Waals surface area (Å²) in [5, 5.41) is 2.86. The number of carbonyl (C=O) groups is 2. The second-order valence-electron chi connectivity index (χ2n) is 6.32. The van der Waals surface area contributed by atoms with E-state index in [4.69, 9.17) is 4.74 Å². The Kier molecular flexibility index (Phi) is 5.01. The number of rotatable bonds is 2. The molecule has 5 nitrogen and oxygen atoms in total. The summed E-state index contributed by atoms with van der Waals surface area (Å²) in [5.74, 6) is 0.873. The second kappa shape index (κ2) is 6.60. The molecule has 0 radical (unpaired) electrons. The van der Waals surface area contributed by atoms with Crippen LogP contribution in [0.25, 0.3) is 0 Å². The summed E-state index contributed by atoms with van der Waals surface area (Å²) in [6.45, 7) is 7.43. The molecule has 1 heterocycles. The third-order valence-electron chi connectivity index (χ3n) is 3.13. The van der Waals surface area contributed by atoms with Crippen LogP contribution in [0.15, 0.2) is 24.3 Å². The molecule has 1 aliphatic rings. The van der Waals surface area contributed by atoms with E-state index < -0.39 is 17.7 Å². The first-order valence-electron chi connectivity index (χ1n) is 7.21. The van der Waals surface area contributed by atoms with Crippen molar-refractivity contribution in [3.05, 3.63) is 29.8 Å². The summed E-state index contributed by atoms with van der Waals surface area (Å²) in [6.07, 6.45) is -0.443. The van der Waals surface area contributed by atoms with Crippen molar-refractivity contribution in [1.29, 1.82) is 0 Å². The highest BCUT2D eigenvalue weighted by Crippen LogP contribution is 2.24. The SMILES string of the molecule is Cc1ccc(NC(=O)[C@H]2CSCN2C(=O)OC(C)(C)C)cc1. The summed E-state index contributed by atoms with van der Waals surface area (Å²) in [5.41, 5.74) is 1.30. The van der Waals surface area contributed by atoms with E-state index in [9.17, 15) is 9.59 Å². The van der Waals surface area contributed by atoms with Gasteiger partial charge in [-0.05, 0) is 39.8 Å². The number of nitrogens with one attached hydrogen (secondary N) is 1. The Labute approximate surface area is 135 Å². The fourth-order valence-corrected chi connectivity index (χ4v) is 3.16. The molecule has 1 saturated heterocycles. The smallest absolute Gasteiger partial charge is 0.411 e. The van der Waals surface area contributed by atoms with Crippen molar-refractivity contribution in [3.63, 3.8) is 0 Å². The van der Waals surface area contributed by atoms with Crippen molar-refractivity contribution in [3.8, 4) is 0 Å². The van der Waals surface area contributed by atoms with Crippen molar-refractivity contribution in [1.82, 2.24) is 4.90 Å². The molecule has 0 bridgehead atoms. The van der Waals surface area contributed by atoms with E-state index >= 15 is 0 Å². The van der Waals surface area contributed by atoms with Gasteiger partial charge in [0.25, 0.3) is 0 Å². The zero-order chi connectivity index (χ0) is 16.3. The third kappa shape index (κ3) is 4.40. The van der Waals surface area contributed by atoms with E-state index in [1.807, 2.05) is 52.0 Å². The Hall–Kier alpha value is -1.69. The molecule has 0 aliphatic carbocycles. The first-order chi connectivity index (χ1) is 10.3. The van der Waals surface area contributed by atoms with Crippen LogP contribution in [-0.2, 0) is 9.53 Å². The maximum absolute atomic E-state index is 12.4. The minimum absolute atomic E-state index is 0.181. The number of aryl methyl sites for hydroxylation is 1. The topological polar surface area (TPSA) is 58.6 Å². The number of nitrogens with zero attached hydrogens (tertiary/aromatic N) is 1. The number of benzene rings is 1. The third-order valence-corrected chi connectivity index (χ3v) is 4.14. The van der Waals surface area contributed by atoms with Gasteiger partial charge in [0.05, 0.1) is 5.88 Å². The van der Waals surface area contributed by atoms with E-state index in [0.29, 0.717) is 11.6 Å². The Morgan fingerprint density at radius 3 is 2.50 bits per heavy atom. The lowest BCUT2D eigenvalue weighted by Gasteiger charge is -2.27. The zero-order valence-electron chi connectivity index (χ0n) is 13.4. The molecule has 0 saturated carbocycles. The van der Waals surface area contributed by atoms with Gasteiger partial charge in [0.2, 0.25) is 5.91 Å². The van der Waals surface area contributed by atoms with Crippen LogP contribution in [0.1, 0.15) is 26.3 Å². The van der Waals surface area contributed by atoms with Gasteiger partial charge in [0.15, 0.2) is 0 Å². The van der Waals surface area contributed by atoms with Crippen LogP contribution in [0.3, 0.4) is 0 Å². The highest BCUT2D eigenvalue weighted by Gasteiger charge is 2.37. The van der Waals surface area contributed by atoms with E-state index in [1.165, 1.54) is 4.90 Å². The maximum atomic E-state index is 12.4. The van der Waals surface area contributed by atoms with Crippen molar-refractivity contribution in [2.24, 2.45) is 0 Å². The Morgan fingerprint density at radius 1 is 1.27 bits per heavy atom. The van der Waals surface area contributed by atoms with Crippen LogP contribution in [0.4, 0.5) is 10.5 Å². The van der Waals surface area contributed by atoms with Crippen molar-refractivity contribution >= 4 is 29.4 Å². The van der Waals surface area contributed by atoms with Crippen LogP contribution in [0.5, 0.6) is 0 Å². The summed E-state index contributed by atoms with van der Waals surface area (Å²) < 4.78 is 5.36. The first kappa shape index (κ1) is 16.7. The molecule has 0 spiro atoms. The molecule has 1 aliphatic heterocycles. The van der Waals surface area contributed by atoms with Gasteiger partial charge in [0.1, 0.15) is 11.6 Å². The van der Waals surface area contributed by atoms with Crippen LogP contribution in [0.2, 0.25) is 0 Å². The van der Waals surface area contributed by atoms with Gasteiger partial charge in [-0.25, -0.2) is 4.79 Å². The molecule has 120 valence electrons. The zero-order valence-corrected chi connectivity index (χ0v) is 14.2. The molecule has 1 aromatic rings. The molecule has 1 N–H and O–H groups in total. The number of thioether (sulfide) groups is 1. The van der Waals surface area contributed by atoms with E-state index in [0.717, 1.165) is 11.3 Å². The number of hydrogen-bond acceptors (Lipinski definition) is 4. The predicted octanol–water partition coefficient (Wildman–Crippen LogP) is 3.24. The standard InChI is InChI=1S/C16H22N2O3S/c1-11-5-7-12(8-6-11)17-14(19)13-9-22-10-18(13)15(20)21-16(2,3)4/h5-8,13H,9-10H2,1-4H3,(H,17,19)/t13-/m1/s1. The molecular weight excluding hydrogens is 300 g/mol. The van der Waals surface area contributed by atoms with E-state index in [-0.39, 0.29) is 5.91 Å². The molecule has 6 heteroatoms. The minimum Gasteiger partial charge on any atom is -0.444 e. The summed E-state index contributed by atoms with van der Waals surface area (Å²) >= 11 is 1.55. The lowest BCUT2D eigenvalue weighted by molar-refractivity contribution is -0.120. The maximum Gasteiger partial charge on any atom is 0.411 e. The van der Waals surface area contributed by atoms with Crippen LogP contribution >= 0.6 is 11.8 Å². The van der Waals surface area contributed by atoms with Crippen molar-refractivity contribution < 1.29 is 14.3 Å². The summed E-state index contributed by atoms with van der Waals surface area (Å²) in [7, 11) is 0. The van der Waals surface area contributed by atoms with Gasteiger partial charge in [-0.3, -0.25) is 9.69 Å². The Bertz CT molecular complexity index is 552. The molecule has 22 heavy (non-hydrogen) atoms. The fraction of sp³-hybridized carbons (Fsp3) is 0.500. The highest BCUT2D eigenvalue weighted by molar-refractivity contribution is 7.99. The second-order valence-corrected chi connectivity index (χ2v) is 7.32. The monoisotopic (exact) mass is 322 g/mol. The molecule has 0 aromatic heterocycles. The van der Waals surface area contributed by atoms with Crippen LogP contribution in [0, 0.1) is 6.92 Å². The van der Waals surface area contributed by atoms with Gasteiger partial charge >= 0.3 is 6.09 Å². The number of anilines is 1. The van der Waals surface area contributed by atoms with Crippen LogP contribution < -0.4 is 5.32 Å². The average Bonchev–Trinajstić information content (AvgIpc) is 2.89. The van der Waals surface area contributed by atoms with Crippen molar-refractivity contribution in [2.75, 3.05) is 16.9 Å². The number of amides is 2. The number of hydrogen-bond donors (Lipinski definition) is 1. The highest BCUT2D eigenvalue weighted by atomic mass is 32.2. The van der Waals surface area contributed by atoms with Gasteiger partial charge < -0.3 is 10.1 Å². The molecule has 2 rings (SSSR count). The quantitative estimate of drug-likeness (QED) is 0.908. The van der Waals surface area contributed by atoms with Crippen LogP contribution in [-0.4, -0.2) is 40.2 Å². The Morgan fingerprint density at radius 2 is 1.91 bits per heavy atom. The van der Waals surface area contributed by atoms with Gasteiger partial charge in [0, 0.05) is 11.4 Å². The molecular formula is C16H22N2O3S. The number of carbonyl (C=O) groups excluding carboxylic acids is 2. The van der Waals surface area contributed by atoms with Gasteiger partial charge in [-0.15, -0.1) is 11.8 Å². The van der Waals surface area contributed by atoms with Gasteiger partial charge in [-0.2, -0.15) is 0 Å². The predicted molar refractivity (Wildman–Crippen MR) is 89.0 cm³/mol. The molecule has 1 fully saturated rings. The molecule has 1 aromatic carbocycles. The fourth-order valence-electron chi connectivity index (χ4n) is 2.02. The first-order valence-corrected chi connectivity index (χ1v) is 8.36. The summed E-state index contributed by atoms with van der Waals surface area (Å²) in [6, 6.07) is 7.08. The minimum atomic E-state index is -0.567.